The quantitative estimate of drug-likeness (QED) is 0.889. The van der Waals surface area contributed by atoms with Gasteiger partial charge >= 0.3 is 0 Å². The molecule has 0 aliphatic carbocycles. The van der Waals surface area contributed by atoms with Crippen LogP contribution < -0.4 is 10.6 Å². The Morgan fingerprint density at radius 1 is 1.21 bits per heavy atom. The molecule has 1 aromatic heterocycles. The molecule has 0 radical (unpaired) electrons. The smallest absolute Gasteiger partial charge is 0.230 e. The maximum absolute atomic E-state index is 11.7. The van der Waals surface area contributed by atoms with E-state index in [2.05, 4.69) is 20.8 Å². The SMILES string of the molecule is CC(=O)Nc1ccc(CC(=O)Nc2nncs2)cc1. The summed E-state index contributed by atoms with van der Waals surface area (Å²) in [7, 11) is 0. The van der Waals surface area contributed by atoms with Crippen molar-refractivity contribution in [3.63, 3.8) is 0 Å². The number of benzene rings is 1. The summed E-state index contributed by atoms with van der Waals surface area (Å²) in [5.74, 6) is -0.272. The molecule has 19 heavy (non-hydrogen) atoms. The molecule has 0 saturated heterocycles. The van der Waals surface area contributed by atoms with Crippen molar-refractivity contribution in [1.29, 1.82) is 0 Å². The van der Waals surface area contributed by atoms with Crippen molar-refractivity contribution in [2.45, 2.75) is 13.3 Å². The number of carbonyl (C=O) groups is 2. The highest BCUT2D eigenvalue weighted by molar-refractivity contribution is 7.13. The van der Waals surface area contributed by atoms with Gasteiger partial charge in [0, 0.05) is 12.6 Å². The molecule has 0 saturated carbocycles. The molecule has 0 spiro atoms. The summed E-state index contributed by atoms with van der Waals surface area (Å²) in [5.41, 5.74) is 3.12. The Labute approximate surface area is 113 Å². The second-order valence-electron chi connectivity index (χ2n) is 3.85. The van der Waals surface area contributed by atoms with Crippen LogP contribution in [0.15, 0.2) is 29.8 Å². The van der Waals surface area contributed by atoms with Gasteiger partial charge < -0.3 is 10.6 Å². The van der Waals surface area contributed by atoms with Crippen molar-refractivity contribution in [2.24, 2.45) is 0 Å². The molecule has 1 aromatic carbocycles. The summed E-state index contributed by atoms with van der Waals surface area (Å²) in [6.07, 6.45) is 0.250. The normalized spacial score (nSPS) is 9.95. The molecule has 2 aromatic rings. The number of nitrogens with zero attached hydrogens (tertiary/aromatic N) is 2. The molecule has 0 unspecified atom stereocenters. The van der Waals surface area contributed by atoms with E-state index in [0.29, 0.717) is 10.8 Å². The Balaban J connectivity index is 1.92. The molecule has 2 rings (SSSR count). The highest BCUT2D eigenvalue weighted by atomic mass is 32.1. The molecule has 98 valence electrons. The van der Waals surface area contributed by atoms with E-state index in [0.717, 1.165) is 5.56 Å². The average Bonchev–Trinajstić information content (AvgIpc) is 2.83. The van der Waals surface area contributed by atoms with Crippen molar-refractivity contribution < 1.29 is 9.59 Å². The molecular weight excluding hydrogens is 264 g/mol. The first kappa shape index (κ1) is 13.2. The van der Waals surface area contributed by atoms with Gasteiger partial charge in [0.25, 0.3) is 0 Å². The minimum Gasteiger partial charge on any atom is -0.326 e. The highest BCUT2D eigenvalue weighted by Crippen LogP contribution is 2.12. The standard InChI is InChI=1S/C12H12N4O2S/c1-8(17)14-10-4-2-9(3-5-10)6-11(18)15-12-16-13-7-19-12/h2-5,7H,6H2,1H3,(H,14,17)(H,15,16,18). The van der Waals surface area contributed by atoms with E-state index in [1.54, 1.807) is 29.8 Å². The van der Waals surface area contributed by atoms with Gasteiger partial charge in [-0.15, -0.1) is 10.2 Å². The maximum Gasteiger partial charge on any atom is 0.230 e. The monoisotopic (exact) mass is 276 g/mol. The number of amides is 2. The zero-order valence-electron chi connectivity index (χ0n) is 10.2. The predicted molar refractivity (Wildman–Crippen MR) is 73.0 cm³/mol. The molecule has 2 N–H and O–H groups in total. The number of carbonyl (C=O) groups excluding carboxylic acids is 2. The molecule has 1 heterocycles. The van der Waals surface area contributed by atoms with Gasteiger partial charge in [0.05, 0.1) is 6.42 Å². The Morgan fingerprint density at radius 2 is 1.95 bits per heavy atom. The summed E-state index contributed by atoms with van der Waals surface area (Å²) < 4.78 is 0. The topological polar surface area (TPSA) is 84.0 Å². The Bertz CT molecular complexity index is 566. The fourth-order valence-corrected chi connectivity index (χ4v) is 1.95. The third-order valence-electron chi connectivity index (χ3n) is 2.25. The van der Waals surface area contributed by atoms with E-state index >= 15 is 0 Å². The lowest BCUT2D eigenvalue weighted by molar-refractivity contribution is -0.116. The van der Waals surface area contributed by atoms with Crippen LogP contribution in [0.4, 0.5) is 10.8 Å². The Hall–Kier alpha value is -2.28. The molecular formula is C12H12N4O2S. The third kappa shape index (κ3) is 4.14. The summed E-state index contributed by atoms with van der Waals surface area (Å²) in [6, 6.07) is 7.11. The molecule has 2 amide bonds. The molecule has 0 aliphatic heterocycles. The Kier molecular flexibility index (Phi) is 4.19. The van der Waals surface area contributed by atoms with Gasteiger partial charge in [-0.2, -0.15) is 0 Å². The lowest BCUT2D eigenvalue weighted by Gasteiger charge is -2.04. The van der Waals surface area contributed by atoms with E-state index in [4.69, 9.17) is 0 Å². The first-order valence-corrected chi connectivity index (χ1v) is 6.44. The van der Waals surface area contributed by atoms with E-state index in [1.165, 1.54) is 18.3 Å². The van der Waals surface area contributed by atoms with E-state index < -0.39 is 0 Å². The van der Waals surface area contributed by atoms with Crippen LogP contribution in [0.25, 0.3) is 0 Å². The molecule has 7 heteroatoms. The van der Waals surface area contributed by atoms with Gasteiger partial charge in [-0.05, 0) is 17.7 Å². The number of anilines is 2. The van der Waals surface area contributed by atoms with Gasteiger partial charge in [-0.1, -0.05) is 23.5 Å². The summed E-state index contributed by atoms with van der Waals surface area (Å²) in [5, 5.41) is 13.2. The van der Waals surface area contributed by atoms with Crippen molar-refractivity contribution >= 4 is 34.0 Å². The first-order valence-electron chi connectivity index (χ1n) is 5.56. The number of hydrogen-bond donors (Lipinski definition) is 2. The van der Waals surface area contributed by atoms with Gasteiger partial charge in [-0.3, -0.25) is 9.59 Å². The largest absolute Gasteiger partial charge is 0.326 e. The minimum atomic E-state index is -0.149. The van der Waals surface area contributed by atoms with E-state index in [-0.39, 0.29) is 18.2 Å². The first-order chi connectivity index (χ1) is 9.13. The van der Waals surface area contributed by atoms with Crippen LogP contribution in [0.5, 0.6) is 0 Å². The van der Waals surface area contributed by atoms with Crippen molar-refractivity contribution in [3.05, 3.63) is 35.3 Å². The second kappa shape index (κ2) is 6.05. The van der Waals surface area contributed by atoms with E-state index in [1.807, 2.05) is 0 Å². The average molecular weight is 276 g/mol. The van der Waals surface area contributed by atoms with Crippen LogP contribution in [0.1, 0.15) is 12.5 Å². The van der Waals surface area contributed by atoms with Gasteiger partial charge in [0.1, 0.15) is 5.51 Å². The summed E-state index contributed by atoms with van der Waals surface area (Å²) in [4.78, 5) is 22.6. The van der Waals surface area contributed by atoms with Crippen molar-refractivity contribution in [3.8, 4) is 0 Å². The number of nitrogens with one attached hydrogen (secondary N) is 2. The Morgan fingerprint density at radius 3 is 2.53 bits per heavy atom. The van der Waals surface area contributed by atoms with E-state index in [9.17, 15) is 9.59 Å². The van der Waals surface area contributed by atoms with Crippen LogP contribution in [-0.2, 0) is 16.0 Å². The van der Waals surface area contributed by atoms with Gasteiger partial charge in [0.15, 0.2) is 0 Å². The van der Waals surface area contributed by atoms with Crippen LogP contribution >= 0.6 is 11.3 Å². The lowest BCUT2D eigenvalue weighted by Crippen LogP contribution is -2.14. The third-order valence-corrected chi connectivity index (χ3v) is 2.85. The molecule has 6 nitrogen and oxygen atoms in total. The zero-order valence-corrected chi connectivity index (χ0v) is 11.0. The summed E-state index contributed by atoms with van der Waals surface area (Å²) in [6.45, 7) is 1.45. The van der Waals surface area contributed by atoms with Crippen LogP contribution in [0, 0.1) is 0 Å². The minimum absolute atomic E-state index is 0.123. The van der Waals surface area contributed by atoms with Crippen LogP contribution in [0.3, 0.4) is 0 Å². The number of hydrogen-bond acceptors (Lipinski definition) is 5. The van der Waals surface area contributed by atoms with Gasteiger partial charge in [0.2, 0.25) is 16.9 Å². The number of aromatic nitrogens is 2. The fraction of sp³-hybridized carbons (Fsp3) is 0.167. The van der Waals surface area contributed by atoms with Crippen LogP contribution in [0.2, 0.25) is 0 Å². The van der Waals surface area contributed by atoms with Gasteiger partial charge in [-0.25, -0.2) is 0 Å². The predicted octanol–water partition coefficient (Wildman–Crippen LogP) is 1.68. The summed E-state index contributed by atoms with van der Waals surface area (Å²) >= 11 is 1.27. The molecule has 0 bridgehead atoms. The molecule has 0 atom stereocenters. The zero-order chi connectivity index (χ0) is 13.7. The lowest BCUT2D eigenvalue weighted by atomic mass is 10.1. The second-order valence-corrected chi connectivity index (χ2v) is 4.68. The highest BCUT2D eigenvalue weighted by Gasteiger charge is 2.06. The van der Waals surface area contributed by atoms with Crippen molar-refractivity contribution in [2.75, 3.05) is 10.6 Å². The van der Waals surface area contributed by atoms with Crippen LogP contribution in [-0.4, -0.2) is 22.0 Å². The number of rotatable bonds is 4. The fourth-order valence-electron chi connectivity index (χ4n) is 1.49. The molecule has 0 aliphatic rings. The van der Waals surface area contributed by atoms with Crippen molar-refractivity contribution in [1.82, 2.24) is 10.2 Å². The maximum atomic E-state index is 11.7. The molecule has 0 fully saturated rings.